The first-order valence-electron chi connectivity index (χ1n) is 8.71. The van der Waals surface area contributed by atoms with E-state index in [4.69, 9.17) is 0 Å². The first-order valence-corrected chi connectivity index (χ1v) is 8.71. The molecule has 1 rings (SSSR count). The molecule has 118 valence electrons. The third-order valence-corrected chi connectivity index (χ3v) is 4.35. The Balaban J connectivity index is 1.83. The normalized spacial score (nSPS) is 20.1. The lowest BCUT2D eigenvalue weighted by molar-refractivity contribution is -0.119. The Morgan fingerprint density at radius 3 is 2.10 bits per heavy atom. The van der Waals surface area contributed by atoms with Crippen LogP contribution in [0.25, 0.3) is 0 Å². The predicted molar refractivity (Wildman–Crippen MR) is 83.6 cm³/mol. The van der Waals surface area contributed by atoms with Crippen molar-refractivity contribution in [2.75, 3.05) is 0 Å². The summed E-state index contributed by atoms with van der Waals surface area (Å²) in [5.41, 5.74) is 0. The van der Waals surface area contributed by atoms with Crippen LogP contribution in [0.2, 0.25) is 0 Å². The second-order valence-corrected chi connectivity index (χ2v) is 6.25. The van der Waals surface area contributed by atoms with Crippen LogP contribution in [0, 0.1) is 0 Å². The molecule has 0 aliphatic carbocycles. The number of unbranched alkanes of at least 4 members (excludes halogenated alkanes) is 9. The SMILES string of the molecule is CCCCCCCCCCCC[C@@H](O)[C@@H]1CCC(=O)N1. The van der Waals surface area contributed by atoms with Gasteiger partial charge in [0.15, 0.2) is 0 Å². The van der Waals surface area contributed by atoms with Gasteiger partial charge in [0, 0.05) is 6.42 Å². The molecule has 0 aromatic heterocycles. The fraction of sp³-hybridized carbons (Fsp3) is 0.941. The molecule has 2 atom stereocenters. The number of hydrogen-bond acceptors (Lipinski definition) is 2. The van der Waals surface area contributed by atoms with Gasteiger partial charge in [-0.2, -0.15) is 0 Å². The summed E-state index contributed by atoms with van der Waals surface area (Å²) in [7, 11) is 0. The Morgan fingerprint density at radius 2 is 1.60 bits per heavy atom. The van der Waals surface area contributed by atoms with Crippen molar-refractivity contribution < 1.29 is 9.90 Å². The molecular weight excluding hydrogens is 250 g/mol. The number of hydrogen-bond donors (Lipinski definition) is 2. The molecule has 0 aromatic carbocycles. The number of aliphatic hydroxyl groups excluding tert-OH is 1. The van der Waals surface area contributed by atoms with Gasteiger partial charge < -0.3 is 10.4 Å². The fourth-order valence-electron chi connectivity index (χ4n) is 2.97. The Bertz CT molecular complexity index is 255. The summed E-state index contributed by atoms with van der Waals surface area (Å²) in [5.74, 6) is 0.0946. The van der Waals surface area contributed by atoms with Crippen molar-refractivity contribution in [3.8, 4) is 0 Å². The van der Waals surface area contributed by atoms with E-state index >= 15 is 0 Å². The standard InChI is InChI=1S/C17H33NO2/c1-2-3-4-5-6-7-8-9-10-11-12-16(19)15-13-14-17(20)18-15/h15-16,19H,2-14H2,1H3,(H,18,20)/t15-,16+/m0/s1. The molecule has 1 aliphatic rings. The molecule has 0 unspecified atom stereocenters. The van der Waals surface area contributed by atoms with Gasteiger partial charge in [0.1, 0.15) is 0 Å². The summed E-state index contributed by atoms with van der Waals surface area (Å²) in [5, 5.41) is 12.8. The van der Waals surface area contributed by atoms with Gasteiger partial charge in [-0.25, -0.2) is 0 Å². The molecule has 0 radical (unpaired) electrons. The van der Waals surface area contributed by atoms with E-state index in [0.717, 1.165) is 19.3 Å². The largest absolute Gasteiger partial charge is 0.391 e. The highest BCUT2D eigenvalue weighted by atomic mass is 16.3. The second kappa shape index (κ2) is 11.1. The van der Waals surface area contributed by atoms with Crippen LogP contribution in [0.4, 0.5) is 0 Å². The summed E-state index contributed by atoms with van der Waals surface area (Å²) in [6, 6.07) is 0.0149. The van der Waals surface area contributed by atoms with Crippen LogP contribution in [0.15, 0.2) is 0 Å². The number of carbonyl (C=O) groups excluding carboxylic acids is 1. The van der Waals surface area contributed by atoms with Crippen molar-refractivity contribution >= 4 is 5.91 Å². The number of carbonyl (C=O) groups is 1. The number of rotatable bonds is 12. The first kappa shape index (κ1) is 17.5. The monoisotopic (exact) mass is 283 g/mol. The maximum absolute atomic E-state index is 11.1. The molecular formula is C17H33NO2. The zero-order valence-corrected chi connectivity index (χ0v) is 13.2. The zero-order chi connectivity index (χ0) is 14.6. The highest BCUT2D eigenvalue weighted by Crippen LogP contribution is 2.16. The molecule has 1 fully saturated rings. The van der Waals surface area contributed by atoms with Gasteiger partial charge in [-0.3, -0.25) is 4.79 Å². The van der Waals surface area contributed by atoms with E-state index in [1.807, 2.05) is 0 Å². The van der Waals surface area contributed by atoms with Gasteiger partial charge in [0.05, 0.1) is 12.1 Å². The van der Waals surface area contributed by atoms with Gasteiger partial charge in [-0.1, -0.05) is 71.1 Å². The second-order valence-electron chi connectivity index (χ2n) is 6.25. The quantitative estimate of drug-likeness (QED) is 0.533. The molecule has 1 amide bonds. The average Bonchev–Trinajstić information content (AvgIpc) is 2.87. The molecule has 1 heterocycles. The van der Waals surface area contributed by atoms with E-state index in [0.29, 0.717) is 6.42 Å². The molecule has 1 saturated heterocycles. The zero-order valence-electron chi connectivity index (χ0n) is 13.2. The van der Waals surface area contributed by atoms with E-state index in [-0.39, 0.29) is 18.1 Å². The minimum absolute atomic E-state index is 0.0149. The Morgan fingerprint density at radius 1 is 1.05 bits per heavy atom. The summed E-state index contributed by atoms with van der Waals surface area (Å²) >= 11 is 0. The minimum Gasteiger partial charge on any atom is -0.391 e. The van der Waals surface area contributed by atoms with E-state index in [2.05, 4.69) is 12.2 Å². The Labute approximate surface area is 124 Å². The van der Waals surface area contributed by atoms with Crippen molar-refractivity contribution in [3.63, 3.8) is 0 Å². The van der Waals surface area contributed by atoms with Gasteiger partial charge in [-0.15, -0.1) is 0 Å². The third-order valence-electron chi connectivity index (χ3n) is 4.35. The van der Waals surface area contributed by atoms with Crippen molar-refractivity contribution in [3.05, 3.63) is 0 Å². The maximum atomic E-state index is 11.1. The van der Waals surface area contributed by atoms with Crippen LogP contribution in [0.1, 0.15) is 90.4 Å². The van der Waals surface area contributed by atoms with E-state index in [9.17, 15) is 9.90 Å². The lowest BCUT2D eigenvalue weighted by Crippen LogP contribution is -2.36. The Kier molecular flexibility index (Phi) is 9.73. The van der Waals surface area contributed by atoms with E-state index in [1.165, 1.54) is 57.8 Å². The number of amides is 1. The molecule has 3 heteroatoms. The van der Waals surface area contributed by atoms with Gasteiger partial charge in [-0.05, 0) is 12.8 Å². The Hall–Kier alpha value is -0.570. The topological polar surface area (TPSA) is 49.3 Å². The van der Waals surface area contributed by atoms with Crippen molar-refractivity contribution in [2.24, 2.45) is 0 Å². The van der Waals surface area contributed by atoms with E-state index in [1.54, 1.807) is 0 Å². The minimum atomic E-state index is -0.338. The molecule has 3 nitrogen and oxygen atoms in total. The third kappa shape index (κ3) is 7.88. The highest BCUT2D eigenvalue weighted by molar-refractivity contribution is 5.78. The lowest BCUT2D eigenvalue weighted by Gasteiger charge is -2.17. The van der Waals surface area contributed by atoms with Crippen LogP contribution >= 0.6 is 0 Å². The summed E-state index contributed by atoms with van der Waals surface area (Å²) in [4.78, 5) is 11.1. The number of aliphatic hydroxyl groups is 1. The van der Waals surface area contributed by atoms with Gasteiger partial charge in [0.2, 0.25) is 5.91 Å². The van der Waals surface area contributed by atoms with Crippen molar-refractivity contribution in [1.29, 1.82) is 0 Å². The maximum Gasteiger partial charge on any atom is 0.220 e. The molecule has 0 saturated carbocycles. The van der Waals surface area contributed by atoms with Crippen LogP contribution in [0.5, 0.6) is 0 Å². The highest BCUT2D eigenvalue weighted by Gasteiger charge is 2.26. The molecule has 0 spiro atoms. The molecule has 1 aliphatic heterocycles. The summed E-state index contributed by atoms with van der Waals surface area (Å²) in [6.07, 6.45) is 15.1. The van der Waals surface area contributed by atoms with Gasteiger partial charge in [0.25, 0.3) is 0 Å². The van der Waals surface area contributed by atoms with Crippen LogP contribution in [-0.4, -0.2) is 23.2 Å². The molecule has 0 aromatic rings. The molecule has 0 bridgehead atoms. The lowest BCUT2D eigenvalue weighted by atomic mass is 10.0. The average molecular weight is 283 g/mol. The molecule has 2 N–H and O–H groups in total. The van der Waals surface area contributed by atoms with Crippen molar-refractivity contribution in [2.45, 2.75) is 103 Å². The smallest absolute Gasteiger partial charge is 0.220 e. The van der Waals surface area contributed by atoms with Crippen molar-refractivity contribution in [1.82, 2.24) is 5.32 Å². The number of nitrogens with one attached hydrogen (secondary N) is 1. The fourth-order valence-corrected chi connectivity index (χ4v) is 2.97. The summed E-state index contributed by atoms with van der Waals surface area (Å²) < 4.78 is 0. The van der Waals surface area contributed by atoms with Crippen LogP contribution in [0.3, 0.4) is 0 Å². The van der Waals surface area contributed by atoms with Gasteiger partial charge >= 0.3 is 0 Å². The molecule has 20 heavy (non-hydrogen) atoms. The van der Waals surface area contributed by atoms with Crippen LogP contribution < -0.4 is 5.32 Å². The van der Waals surface area contributed by atoms with E-state index < -0.39 is 0 Å². The predicted octanol–water partition coefficient (Wildman–Crippen LogP) is 3.94. The first-order chi connectivity index (χ1) is 9.74. The summed E-state index contributed by atoms with van der Waals surface area (Å²) in [6.45, 7) is 2.26. The van der Waals surface area contributed by atoms with Crippen LogP contribution in [-0.2, 0) is 4.79 Å².